The SMILES string of the molecule is Cc1cc(N)nc(C)c1CN(C)C(=O)c1cnc(Cc2ccc3ncc(Cl)cc3c2)n1C. The number of anilines is 1. The number of carbonyl (C=O) groups excluding carboxylic acids is 1. The summed E-state index contributed by atoms with van der Waals surface area (Å²) in [5.41, 5.74) is 11.2. The van der Waals surface area contributed by atoms with E-state index in [2.05, 4.69) is 21.0 Å². The second-order valence-electron chi connectivity index (χ2n) is 8.07. The van der Waals surface area contributed by atoms with E-state index >= 15 is 0 Å². The number of fused-ring (bicyclic) bond motifs is 1. The molecule has 0 aliphatic rings. The zero-order valence-corrected chi connectivity index (χ0v) is 19.3. The first kappa shape index (κ1) is 21.8. The van der Waals surface area contributed by atoms with E-state index in [4.69, 9.17) is 17.3 Å². The van der Waals surface area contributed by atoms with Gasteiger partial charge in [0.05, 0.1) is 16.7 Å². The van der Waals surface area contributed by atoms with Gasteiger partial charge in [-0.2, -0.15) is 0 Å². The van der Waals surface area contributed by atoms with Crippen molar-refractivity contribution in [2.24, 2.45) is 7.05 Å². The van der Waals surface area contributed by atoms with E-state index in [9.17, 15) is 4.79 Å². The molecule has 0 radical (unpaired) electrons. The second kappa shape index (κ2) is 8.59. The highest BCUT2D eigenvalue weighted by atomic mass is 35.5. The third-order valence-corrected chi connectivity index (χ3v) is 5.90. The van der Waals surface area contributed by atoms with Crippen LogP contribution in [-0.2, 0) is 20.0 Å². The fourth-order valence-corrected chi connectivity index (χ4v) is 4.06. The summed E-state index contributed by atoms with van der Waals surface area (Å²) in [4.78, 5) is 28.0. The van der Waals surface area contributed by atoms with E-state index in [0.29, 0.717) is 29.5 Å². The highest BCUT2D eigenvalue weighted by molar-refractivity contribution is 6.31. The first-order valence-electron chi connectivity index (χ1n) is 10.3. The van der Waals surface area contributed by atoms with Gasteiger partial charge in [-0.25, -0.2) is 9.97 Å². The van der Waals surface area contributed by atoms with Crippen molar-refractivity contribution >= 4 is 34.2 Å². The number of nitrogens with two attached hydrogens (primary N) is 1. The van der Waals surface area contributed by atoms with Crippen LogP contribution < -0.4 is 5.73 Å². The Kier molecular flexibility index (Phi) is 5.84. The number of rotatable bonds is 5. The third kappa shape index (κ3) is 4.29. The van der Waals surface area contributed by atoms with Crippen molar-refractivity contribution < 1.29 is 4.79 Å². The van der Waals surface area contributed by atoms with Gasteiger partial charge in [0.15, 0.2) is 0 Å². The number of aryl methyl sites for hydroxylation is 2. The zero-order valence-electron chi connectivity index (χ0n) is 18.6. The molecule has 2 N–H and O–H groups in total. The normalized spacial score (nSPS) is 11.2. The van der Waals surface area contributed by atoms with Crippen LogP contribution in [0.25, 0.3) is 10.9 Å². The predicted octanol–water partition coefficient (Wildman–Crippen LogP) is 4.08. The van der Waals surface area contributed by atoms with Crippen LogP contribution in [0.3, 0.4) is 0 Å². The Morgan fingerprint density at radius 2 is 1.94 bits per heavy atom. The minimum Gasteiger partial charge on any atom is -0.384 e. The molecule has 7 nitrogen and oxygen atoms in total. The molecule has 3 aromatic heterocycles. The number of nitrogen functional groups attached to an aromatic ring is 1. The maximum Gasteiger partial charge on any atom is 0.272 e. The summed E-state index contributed by atoms with van der Waals surface area (Å²) in [7, 11) is 3.65. The van der Waals surface area contributed by atoms with Crippen LogP contribution in [0.5, 0.6) is 0 Å². The lowest BCUT2D eigenvalue weighted by Gasteiger charge is -2.20. The quantitative estimate of drug-likeness (QED) is 0.496. The van der Waals surface area contributed by atoms with Crippen molar-refractivity contribution in [2.45, 2.75) is 26.8 Å². The van der Waals surface area contributed by atoms with E-state index in [-0.39, 0.29) is 5.91 Å². The number of carbonyl (C=O) groups is 1. The number of pyridine rings is 2. The van der Waals surface area contributed by atoms with E-state index in [0.717, 1.165) is 39.1 Å². The van der Waals surface area contributed by atoms with Crippen LogP contribution in [0.15, 0.2) is 42.7 Å². The number of hydrogen-bond acceptors (Lipinski definition) is 5. The van der Waals surface area contributed by atoms with Gasteiger partial charge in [-0.3, -0.25) is 9.78 Å². The molecule has 8 heteroatoms. The molecule has 32 heavy (non-hydrogen) atoms. The summed E-state index contributed by atoms with van der Waals surface area (Å²) in [5, 5.41) is 1.58. The van der Waals surface area contributed by atoms with Crippen molar-refractivity contribution in [3.05, 3.63) is 81.7 Å². The van der Waals surface area contributed by atoms with Crippen molar-refractivity contribution in [1.29, 1.82) is 0 Å². The molecule has 0 saturated carbocycles. The number of nitrogens with zero attached hydrogens (tertiary/aromatic N) is 5. The van der Waals surface area contributed by atoms with Crippen LogP contribution in [0.2, 0.25) is 5.02 Å². The fourth-order valence-electron chi connectivity index (χ4n) is 3.89. The van der Waals surface area contributed by atoms with Crippen LogP contribution in [0.4, 0.5) is 5.82 Å². The van der Waals surface area contributed by atoms with Gasteiger partial charge in [0.2, 0.25) is 0 Å². The molecule has 3 heterocycles. The second-order valence-corrected chi connectivity index (χ2v) is 8.50. The predicted molar refractivity (Wildman–Crippen MR) is 127 cm³/mol. The molecule has 0 bridgehead atoms. The lowest BCUT2D eigenvalue weighted by molar-refractivity contribution is 0.0775. The molecule has 0 aliphatic carbocycles. The summed E-state index contributed by atoms with van der Waals surface area (Å²) >= 11 is 6.08. The molecule has 0 saturated heterocycles. The first-order valence-corrected chi connectivity index (χ1v) is 10.6. The number of benzene rings is 1. The van der Waals surface area contributed by atoms with E-state index in [1.807, 2.05) is 49.7 Å². The molecule has 0 unspecified atom stereocenters. The van der Waals surface area contributed by atoms with Crippen LogP contribution in [0.1, 0.15) is 38.7 Å². The van der Waals surface area contributed by atoms with Crippen molar-refractivity contribution in [1.82, 2.24) is 24.4 Å². The van der Waals surface area contributed by atoms with Gasteiger partial charge < -0.3 is 15.2 Å². The van der Waals surface area contributed by atoms with E-state index in [1.54, 1.807) is 24.3 Å². The van der Waals surface area contributed by atoms with Crippen molar-refractivity contribution in [3.63, 3.8) is 0 Å². The third-order valence-electron chi connectivity index (χ3n) is 5.69. The molecule has 0 fully saturated rings. The topological polar surface area (TPSA) is 89.9 Å². The highest BCUT2D eigenvalue weighted by Crippen LogP contribution is 2.21. The Hall–Kier alpha value is -3.45. The monoisotopic (exact) mass is 448 g/mol. The number of amides is 1. The van der Waals surface area contributed by atoms with E-state index < -0.39 is 0 Å². The van der Waals surface area contributed by atoms with Gasteiger partial charge in [-0.1, -0.05) is 17.7 Å². The average molecular weight is 449 g/mol. The lowest BCUT2D eigenvalue weighted by Crippen LogP contribution is -2.29. The Balaban J connectivity index is 1.54. The zero-order chi connectivity index (χ0) is 23.0. The molecule has 1 amide bonds. The first-order chi connectivity index (χ1) is 15.2. The number of imidazole rings is 1. The van der Waals surface area contributed by atoms with Gasteiger partial charge in [-0.15, -0.1) is 0 Å². The lowest BCUT2D eigenvalue weighted by atomic mass is 10.1. The number of aromatic nitrogens is 4. The maximum absolute atomic E-state index is 13.1. The Bertz CT molecular complexity index is 1310. The van der Waals surface area contributed by atoms with Crippen molar-refractivity contribution in [2.75, 3.05) is 12.8 Å². The molecular formula is C24H25ClN6O. The minimum atomic E-state index is -0.101. The van der Waals surface area contributed by atoms with E-state index in [1.165, 1.54) is 0 Å². The molecule has 0 spiro atoms. The average Bonchev–Trinajstić information content (AvgIpc) is 3.09. The van der Waals surface area contributed by atoms with Crippen LogP contribution >= 0.6 is 11.6 Å². The summed E-state index contributed by atoms with van der Waals surface area (Å²) in [6.07, 6.45) is 3.87. The van der Waals surface area contributed by atoms with Gasteiger partial charge in [-0.05, 0) is 54.8 Å². The fraction of sp³-hybridized carbons (Fsp3) is 0.250. The van der Waals surface area contributed by atoms with Gasteiger partial charge in [0.25, 0.3) is 5.91 Å². The molecule has 4 aromatic rings. The standard InChI is InChI=1S/C24H25ClN6O/c1-14-7-22(26)29-15(2)19(14)13-30(3)24(32)21-12-28-23(31(21)4)9-16-5-6-20-17(8-16)10-18(25)11-27-20/h5-8,10-12H,9,13H2,1-4H3,(H2,26,29). The summed E-state index contributed by atoms with van der Waals surface area (Å²) < 4.78 is 1.85. The van der Waals surface area contributed by atoms with Crippen LogP contribution in [-0.4, -0.2) is 37.4 Å². The van der Waals surface area contributed by atoms with Crippen LogP contribution in [0, 0.1) is 13.8 Å². The van der Waals surface area contributed by atoms with Gasteiger partial charge in [0.1, 0.15) is 17.3 Å². The molecular weight excluding hydrogens is 424 g/mol. The molecule has 1 aromatic carbocycles. The summed E-state index contributed by atoms with van der Waals surface area (Å²) in [6, 6.07) is 9.76. The summed E-state index contributed by atoms with van der Waals surface area (Å²) in [5.74, 6) is 1.19. The molecule has 164 valence electrons. The summed E-state index contributed by atoms with van der Waals surface area (Å²) in [6.45, 7) is 4.33. The van der Waals surface area contributed by atoms with Gasteiger partial charge >= 0.3 is 0 Å². The van der Waals surface area contributed by atoms with Gasteiger partial charge in [0, 0.05) is 44.3 Å². The largest absolute Gasteiger partial charge is 0.384 e. The Labute approximate surface area is 191 Å². The van der Waals surface area contributed by atoms with Crippen molar-refractivity contribution in [3.8, 4) is 0 Å². The molecule has 0 atom stereocenters. The highest BCUT2D eigenvalue weighted by Gasteiger charge is 2.20. The number of halogens is 1. The maximum atomic E-state index is 13.1. The Morgan fingerprint density at radius 3 is 2.69 bits per heavy atom. The minimum absolute atomic E-state index is 0.101. The smallest absolute Gasteiger partial charge is 0.272 e. The number of hydrogen-bond donors (Lipinski definition) is 1. The Morgan fingerprint density at radius 1 is 1.16 bits per heavy atom. The molecule has 0 aliphatic heterocycles. The molecule has 4 rings (SSSR count).